The molecular formula is C21H25FN2O4S. The molecule has 1 heterocycles. The molecule has 0 bridgehead atoms. The highest BCUT2D eigenvalue weighted by molar-refractivity contribution is 7.89. The second-order valence-corrected chi connectivity index (χ2v) is 9.10. The third kappa shape index (κ3) is 4.94. The lowest BCUT2D eigenvalue weighted by molar-refractivity contribution is -0.126. The molecule has 1 N–H and O–H groups in total. The molecule has 156 valence electrons. The number of benzene rings is 2. The minimum absolute atomic E-state index is 0.135. The predicted molar refractivity (Wildman–Crippen MR) is 107 cm³/mol. The smallest absolute Gasteiger partial charge is 0.243 e. The number of methoxy groups -OCH3 is 1. The van der Waals surface area contributed by atoms with Gasteiger partial charge in [-0.05, 0) is 61.7 Å². The summed E-state index contributed by atoms with van der Waals surface area (Å²) in [5, 5.41) is 2.91. The van der Waals surface area contributed by atoms with Crippen molar-refractivity contribution < 1.29 is 22.3 Å². The second kappa shape index (κ2) is 8.92. The summed E-state index contributed by atoms with van der Waals surface area (Å²) < 4.78 is 45.4. The quantitative estimate of drug-likeness (QED) is 0.779. The summed E-state index contributed by atoms with van der Waals surface area (Å²) in [5.41, 5.74) is 0.790. The molecule has 2 atom stereocenters. The Hall–Kier alpha value is -2.45. The van der Waals surface area contributed by atoms with E-state index in [1.54, 1.807) is 24.3 Å². The Morgan fingerprint density at radius 3 is 2.45 bits per heavy atom. The van der Waals surface area contributed by atoms with Crippen molar-refractivity contribution in [3.8, 4) is 5.75 Å². The van der Waals surface area contributed by atoms with Crippen LogP contribution in [0.15, 0.2) is 53.4 Å². The molecule has 1 aliphatic rings. The largest absolute Gasteiger partial charge is 0.497 e. The topological polar surface area (TPSA) is 75.7 Å². The maximum absolute atomic E-state index is 13.1. The fraction of sp³-hybridized carbons (Fsp3) is 0.381. The molecule has 2 unspecified atom stereocenters. The summed E-state index contributed by atoms with van der Waals surface area (Å²) in [6.45, 7) is 2.34. The van der Waals surface area contributed by atoms with Crippen LogP contribution >= 0.6 is 0 Å². The first-order valence-corrected chi connectivity index (χ1v) is 11.0. The lowest BCUT2D eigenvalue weighted by Gasteiger charge is -2.32. The molecule has 0 radical (unpaired) electrons. The number of rotatable bonds is 6. The number of carbonyl (C=O) groups is 1. The fourth-order valence-electron chi connectivity index (χ4n) is 3.44. The number of hydrogen-bond donors (Lipinski definition) is 1. The maximum atomic E-state index is 13.1. The lowest BCUT2D eigenvalue weighted by Crippen LogP contribution is -2.45. The molecule has 1 amide bonds. The summed E-state index contributed by atoms with van der Waals surface area (Å²) in [7, 11) is -2.16. The van der Waals surface area contributed by atoms with Crippen LogP contribution in [0, 0.1) is 11.7 Å². The van der Waals surface area contributed by atoms with Gasteiger partial charge in [-0.1, -0.05) is 12.1 Å². The third-order valence-electron chi connectivity index (χ3n) is 5.18. The first kappa shape index (κ1) is 21.3. The van der Waals surface area contributed by atoms with Crippen LogP contribution in [0.25, 0.3) is 0 Å². The molecule has 1 aliphatic heterocycles. The number of sulfonamides is 1. The van der Waals surface area contributed by atoms with E-state index in [-0.39, 0.29) is 29.2 Å². The number of carbonyl (C=O) groups excluding carboxylic acids is 1. The van der Waals surface area contributed by atoms with E-state index in [4.69, 9.17) is 4.74 Å². The van der Waals surface area contributed by atoms with Gasteiger partial charge in [0.1, 0.15) is 11.6 Å². The molecule has 0 saturated carbocycles. The maximum Gasteiger partial charge on any atom is 0.243 e. The molecule has 1 fully saturated rings. The summed E-state index contributed by atoms with van der Waals surface area (Å²) in [5.74, 6) is -0.385. The van der Waals surface area contributed by atoms with Crippen molar-refractivity contribution in [1.29, 1.82) is 0 Å². The average Bonchev–Trinajstić information content (AvgIpc) is 2.74. The summed E-state index contributed by atoms with van der Waals surface area (Å²) in [6.07, 6.45) is 1.23. The van der Waals surface area contributed by atoms with Gasteiger partial charge in [-0.15, -0.1) is 0 Å². The number of halogens is 1. The SMILES string of the molecule is COc1ccc(S(=O)(=O)N2CCCC(C(=O)NC(C)c3ccc(F)cc3)C2)cc1. The number of ether oxygens (including phenoxy) is 1. The van der Waals surface area contributed by atoms with Crippen molar-refractivity contribution in [2.45, 2.75) is 30.7 Å². The van der Waals surface area contributed by atoms with Crippen LogP contribution in [-0.4, -0.2) is 38.8 Å². The zero-order valence-corrected chi connectivity index (χ0v) is 17.3. The van der Waals surface area contributed by atoms with Crippen molar-refractivity contribution in [3.05, 3.63) is 59.9 Å². The predicted octanol–water partition coefficient (Wildman–Crippen LogP) is 3.11. The van der Waals surface area contributed by atoms with Crippen molar-refractivity contribution in [1.82, 2.24) is 9.62 Å². The molecule has 0 aromatic heterocycles. The van der Waals surface area contributed by atoms with Gasteiger partial charge in [-0.3, -0.25) is 4.79 Å². The molecule has 29 heavy (non-hydrogen) atoms. The molecular weight excluding hydrogens is 395 g/mol. The highest BCUT2D eigenvalue weighted by Gasteiger charge is 2.33. The summed E-state index contributed by atoms with van der Waals surface area (Å²) in [6, 6.07) is 11.9. The van der Waals surface area contributed by atoms with Crippen molar-refractivity contribution >= 4 is 15.9 Å². The fourth-order valence-corrected chi connectivity index (χ4v) is 4.96. The van der Waals surface area contributed by atoms with E-state index >= 15 is 0 Å². The number of hydrogen-bond acceptors (Lipinski definition) is 4. The minimum atomic E-state index is -3.68. The normalized spacial score (nSPS) is 18.8. The number of amides is 1. The Balaban J connectivity index is 1.67. The van der Waals surface area contributed by atoms with E-state index in [2.05, 4.69) is 5.32 Å². The van der Waals surface area contributed by atoms with Crippen LogP contribution in [0.1, 0.15) is 31.4 Å². The van der Waals surface area contributed by atoms with Gasteiger partial charge in [-0.25, -0.2) is 12.8 Å². The van der Waals surface area contributed by atoms with Crippen molar-refractivity contribution in [2.75, 3.05) is 20.2 Å². The summed E-state index contributed by atoms with van der Waals surface area (Å²) in [4.78, 5) is 12.9. The van der Waals surface area contributed by atoms with Crippen LogP contribution in [0.3, 0.4) is 0 Å². The molecule has 2 aromatic carbocycles. The van der Waals surface area contributed by atoms with Gasteiger partial charge >= 0.3 is 0 Å². The zero-order valence-electron chi connectivity index (χ0n) is 16.5. The van der Waals surface area contributed by atoms with Gasteiger partial charge in [0, 0.05) is 13.1 Å². The second-order valence-electron chi connectivity index (χ2n) is 7.16. The van der Waals surface area contributed by atoms with Crippen molar-refractivity contribution in [2.24, 2.45) is 5.92 Å². The van der Waals surface area contributed by atoms with Gasteiger partial charge in [0.15, 0.2) is 0 Å². The lowest BCUT2D eigenvalue weighted by atomic mass is 9.98. The standard InChI is InChI=1S/C21H25FN2O4S/c1-15(16-5-7-18(22)8-6-16)23-21(25)17-4-3-13-24(14-17)29(26,27)20-11-9-19(28-2)10-12-20/h5-12,15,17H,3-4,13-14H2,1-2H3,(H,23,25). The first-order valence-electron chi connectivity index (χ1n) is 9.51. The van der Waals surface area contributed by atoms with E-state index in [9.17, 15) is 17.6 Å². The van der Waals surface area contributed by atoms with Crippen LogP contribution in [0.4, 0.5) is 4.39 Å². The third-order valence-corrected chi connectivity index (χ3v) is 7.06. The average molecular weight is 421 g/mol. The van der Waals surface area contributed by atoms with Crippen LogP contribution in [0.2, 0.25) is 0 Å². The zero-order chi connectivity index (χ0) is 21.0. The Morgan fingerprint density at radius 2 is 1.83 bits per heavy atom. The molecule has 1 saturated heterocycles. The van der Waals surface area contributed by atoms with Gasteiger partial charge < -0.3 is 10.1 Å². The highest BCUT2D eigenvalue weighted by atomic mass is 32.2. The molecule has 0 aliphatic carbocycles. The van der Waals surface area contributed by atoms with E-state index < -0.39 is 15.9 Å². The molecule has 3 rings (SSSR count). The van der Waals surface area contributed by atoms with E-state index in [1.807, 2.05) is 6.92 Å². The van der Waals surface area contributed by atoms with Gasteiger partial charge in [0.2, 0.25) is 15.9 Å². The van der Waals surface area contributed by atoms with E-state index in [0.29, 0.717) is 25.1 Å². The van der Waals surface area contributed by atoms with Crippen LogP contribution < -0.4 is 10.1 Å². The highest BCUT2D eigenvalue weighted by Crippen LogP contribution is 2.26. The van der Waals surface area contributed by atoms with E-state index in [0.717, 1.165) is 5.56 Å². The summed E-state index contributed by atoms with van der Waals surface area (Å²) >= 11 is 0. The van der Waals surface area contributed by atoms with Gasteiger partial charge in [0.25, 0.3) is 0 Å². The van der Waals surface area contributed by atoms with Gasteiger partial charge in [0.05, 0.1) is 24.0 Å². The molecule has 0 spiro atoms. The Kier molecular flexibility index (Phi) is 6.54. The minimum Gasteiger partial charge on any atom is -0.497 e. The Labute approximate surface area is 170 Å². The van der Waals surface area contributed by atoms with Crippen LogP contribution in [0.5, 0.6) is 5.75 Å². The Morgan fingerprint density at radius 1 is 1.17 bits per heavy atom. The monoisotopic (exact) mass is 420 g/mol. The molecule has 2 aromatic rings. The number of nitrogens with one attached hydrogen (secondary N) is 1. The Bertz CT molecular complexity index is 946. The molecule has 8 heteroatoms. The van der Waals surface area contributed by atoms with E-state index in [1.165, 1.54) is 35.7 Å². The van der Waals surface area contributed by atoms with Gasteiger partial charge in [-0.2, -0.15) is 4.31 Å². The molecule has 6 nitrogen and oxygen atoms in total. The number of piperidine rings is 1. The van der Waals surface area contributed by atoms with Crippen molar-refractivity contribution in [3.63, 3.8) is 0 Å². The first-order chi connectivity index (χ1) is 13.8. The van der Waals surface area contributed by atoms with Crippen LogP contribution in [-0.2, 0) is 14.8 Å². The number of nitrogens with zero attached hydrogens (tertiary/aromatic N) is 1.